The van der Waals surface area contributed by atoms with Crippen molar-refractivity contribution in [3.05, 3.63) is 42.4 Å². The van der Waals surface area contributed by atoms with Gasteiger partial charge in [-0.05, 0) is 38.4 Å². The summed E-state index contributed by atoms with van der Waals surface area (Å²) in [6.07, 6.45) is 4.18. The van der Waals surface area contributed by atoms with Gasteiger partial charge in [-0.2, -0.15) is 0 Å². The highest BCUT2D eigenvalue weighted by Gasteiger charge is 2.19. The number of hydrogen-bond donors (Lipinski definition) is 1. The molecular weight excluding hydrogens is 321 g/mol. The number of aromatic nitrogens is 1. The minimum absolute atomic E-state index is 0. The van der Waals surface area contributed by atoms with Crippen LogP contribution in [0.25, 0.3) is 11.3 Å². The summed E-state index contributed by atoms with van der Waals surface area (Å²) in [5, 5.41) is 0. The lowest BCUT2D eigenvalue weighted by atomic mass is 9.97. The van der Waals surface area contributed by atoms with E-state index in [1.807, 2.05) is 36.5 Å². The van der Waals surface area contributed by atoms with Crippen LogP contribution >= 0.6 is 24.8 Å². The first-order valence-corrected chi connectivity index (χ1v) is 7.27. The van der Waals surface area contributed by atoms with Crippen LogP contribution in [0.1, 0.15) is 18.7 Å². The number of benzene rings is 1. The third-order valence-electron chi connectivity index (χ3n) is 4.01. The van der Waals surface area contributed by atoms with Crippen LogP contribution in [0.15, 0.2) is 40.9 Å². The van der Waals surface area contributed by atoms with Gasteiger partial charge in [0.2, 0.25) is 5.89 Å². The second-order valence-electron chi connectivity index (χ2n) is 5.44. The average molecular weight is 344 g/mol. The van der Waals surface area contributed by atoms with Crippen molar-refractivity contribution in [1.82, 2.24) is 9.88 Å². The van der Waals surface area contributed by atoms with E-state index in [2.05, 4.69) is 9.88 Å². The van der Waals surface area contributed by atoms with Gasteiger partial charge in [-0.15, -0.1) is 24.8 Å². The highest BCUT2D eigenvalue weighted by Crippen LogP contribution is 2.22. The fourth-order valence-electron chi connectivity index (χ4n) is 2.69. The summed E-state index contributed by atoms with van der Waals surface area (Å²) < 4.78 is 5.85. The topological polar surface area (TPSA) is 55.3 Å². The minimum atomic E-state index is 0. The first-order chi connectivity index (χ1) is 9.85. The quantitative estimate of drug-likeness (QED) is 0.924. The van der Waals surface area contributed by atoms with E-state index in [4.69, 9.17) is 10.2 Å². The second kappa shape index (κ2) is 9.16. The lowest BCUT2D eigenvalue weighted by Gasteiger charge is -2.30. The van der Waals surface area contributed by atoms with Gasteiger partial charge in [0.25, 0.3) is 0 Å². The van der Waals surface area contributed by atoms with Gasteiger partial charge in [0.15, 0.2) is 5.76 Å². The molecule has 0 saturated carbocycles. The fraction of sp³-hybridized carbons (Fsp3) is 0.438. The Hall–Kier alpha value is -1.07. The van der Waals surface area contributed by atoms with Crippen molar-refractivity contribution in [3.63, 3.8) is 0 Å². The third kappa shape index (κ3) is 4.71. The van der Waals surface area contributed by atoms with Gasteiger partial charge >= 0.3 is 0 Å². The van der Waals surface area contributed by atoms with Crippen molar-refractivity contribution in [2.24, 2.45) is 11.7 Å². The average Bonchev–Trinajstić information content (AvgIpc) is 2.97. The molecule has 2 aromatic rings. The van der Waals surface area contributed by atoms with Crippen molar-refractivity contribution in [2.45, 2.75) is 19.4 Å². The van der Waals surface area contributed by atoms with Crippen LogP contribution in [-0.2, 0) is 6.54 Å². The zero-order valence-corrected chi connectivity index (χ0v) is 14.1. The molecular formula is C16H23Cl2N3O. The third-order valence-corrected chi connectivity index (χ3v) is 4.01. The number of oxazole rings is 1. The highest BCUT2D eigenvalue weighted by molar-refractivity contribution is 5.85. The lowest BCUT2D eigenvalue weighted by molar-refractivity contribution is 0.167. The molecule has 1 aliphatic rings. The van der Waals surface area contributed by atoms with Crippen LogP contribution in [0, 0.1) is 5.92 Å². The molecule has 0 bridgehead atoms. The Balaban J connectivity index is 0.00000121. The molecule has 2 N–H and O–H groups in total. The number of piperidine rings is 1. The number of nitrogens with two attached hydrogens (primary N) is 1. The molecule has 0 spiro atoms. The van der Waals surface area contributed by atoms with Crippen molar-refractivity contribution in [1.29, 1.82) is 0 Å². The Bertz CT molecular complexity index is 539. The van der Waals surface area contributed by atoms with E-state index in [1.165, 1.54) is 12.8 Å². The van der Waals surface area contributed by atoms with Crippen LogP contribution in [0.5, 0.6) is 0 Å². The highest BCUT2D eigenvalue weighted by atomic mass is 35.5. The van der Waals surface area contributed by atoms with Crippen LogP contribution in [0.3, 0.4) is 0 Å². The second-order valence-corrected chi connectivity index (χ2v) is 5.44. The number of nitrogens with zero attached hydrogens (tertiary/aromatic N) is 2. The Morgan fingerprint density at radius 1 is 1.14 bits per heavy atom. The van der Waals surface area contributed by atoms with E-state index < -0.39 is 0 Å². The van der Waals surface area contributed by atoms with Crippen LogP contribution < -0.4 is 5.73 Å². The molecule has 122 valence electrons. The molecule has 4 nitrogen and oxygen atoms in total. The van der Waals surface area contributed by atoms with E-state index in [1.54, 1.807) is 0 Å². The maximum absolute atomic E-state index is 5.85. The SMILES string of the molecule is Cl.Cl.NCC1CCN(Cc2ncc(-c3ccccc3)o2)CC1. The molecule has 0 unspecified atom stereocenters. The molecule has 0 radical (unpaired) electrons. The summed E-state index contributed by atoms with van der Waals surface area (Å²) in [5.41, 5.74) is 6.80. The Labute approximate surface area is 143 Å². The molecule has 1 fully saturated rings. The fourth-order valence-corrected chi connectivity index (χ4v) is 2.69. The van der Waals surface area contributed by atoms with Crippen LogP contribution in [0.4, 0.5) is 0 Å². The van der Waals surface area contributed by atoms with Gasteiger partial charge in [-0.1, -0.05) is 30.3 Å². The molecule has 1 aliphatic heterocycles. The molecule has 1 saturated heterocycles. The van der Waals surface area contributed by atoms with E-state index in [0.29, 0.717) is 5.92 Å². The molecule has 22 heavy (non-hydrogen) atoms. The normalized spacial score (nSPS) is 15.9. The molecule has 0 amide bonds. The van der Waals surface area contributed by atoms with Gasteiger partial charge in [-0.25, -0.2) is 4.98 Å². The van der Waals surface area contributed by atoms with Gasteiger partial charge in [0.1, 0.15) is 0 Å². The van der Waals surface area contributed by atoms with Crippen molar-refractivity contribution < 1.29 is 4.42 Å². The predicted molar refractivity (Wildman–Crippen MR) is 93.5 cm³/mol. The van der Waals surface area contributed by atoms with Gasteiger partial charge < -0.3 is 10.2 Å². The number of likely N-dealkylation sites (tertiary alicyclic amines) is 1. The van der Waals surface area contributed by atoms with Crippen molar-refractivity contribution in [3.8, 4) is 11.3 Å². The summed E-state index contributed by atoms with van der Waals surface area (Å²) >= 11 is 0. The predicted octanol–water partition coefficient (Wildman–Crippen LogP) is 3.36. The summed E-state index contributed by atoms with van der Waals surface area (Å²) in [5.74, 6) is 2.34. The standard InChI is InChI=1S/C16H21N3O.2ClH/c17-10-13-6-8-19(9-7-13)12-16-18-11-15(20-16)14-4-2-1-3-5-14;;/h1-5,11,13H,6-10,12,17H2;2*1H. The molecule has 3 rings (SSSR count). The van der Waals surface area contributed by atoms with E-state index in [9.17, 15) is 0 Å². The number of rotatable bonds is 4. The maximum Gasteiger partial charge on any atom is 0.209 e. The summed E-state index contributed by atoms with van der Waals surface area (Å²) in [4.78, 5) is 6.79. The van der Waals surface area contributed by atoms with Crippen LogP contribution in [-0.4, -0.2) is 29.5 Å². The zero-order valence-electron chi connectivity index (χ0n) is 12.5. The molecule has 1 aromatic carbocycles. The monoisotopic (exact) mass is 343 g/mol. The molecule has 6 heteroatoms. The van der Waals surface area contributed by atoms with Gasteiger partial charge in [-0.3, -0.25) is 4.90 Å². The summed E-state index contributed by atoms with van der Waals surface area (Å²) in [6.45, 7) is 3.78. The summed E-state index contributed by atoms with van der Waals surface area (Å²) in [6, 6.07) is 10.1. The van der Waals surface area contributed by atoms with Gasteiger partial charge in [0, 0.05) is 5.56 Å². The van der Waals surface area contributed by atoms with E-state index in [0.717, 1.165) is 43.4 Å². The first-order valence-electron chi connectivity index (χ1n) is 7.27. The van der Waals surface area contributed by atoms with Crippen LogP contribution in [0.2, 0.25) is 0 Å². The number of hydrogen-bond acceptors (Lipinski definition) is 4. The molecule has 0 atom stereocenters. The van der Waals surface area contributed by atoms with E-state index in [-0.39, 0.29) is 24.8 Å². The van der Waals surface area contributed by atoms with E-state index >= 15 is 0 Å². The molecule has 0 aliphatic carbocycles. The minimum Gasteiger partial charge on any atom is -0.439 e. The first kappa shape index (κ1) is 19.0. The zero-order chi connectivity index (χ0) is 13.8. The molecule has 1 aromatic heterocycles. The number of halogens is 2. The van der Waals surface area contributed by atoms with Gasteiger partial charge in [0.05, 0.1) is 12.7 Å². The van der Waals surface area contributed by atoms with Crippen molar-refractivity contribution in [2.75, 3.05) is 19.6 Å². The Morgan fingerprint density at radius 2 is 1.82 bits per heavy atom. The Kier molecular flexibility index (Phi) is 7.90. The van der Waals surface area contributed by atoms with Crippen molar-refractivity contribution >= 4 is 24.8 Å². The maximum atomic E-state index is 5.85. The Morgan fingerprint density at radius 3 is 2.45 bits per heavy atom. The summed E-state index contributed by atoms with van der Waals surface area (Å²) in [7, 11) is 0. The molecule has 2 heterocycles. The lowest BCUT2D eigenvalue weighted by Crippen LogP contribution is -2.35. The largest absolute Gasteiger partial charge is 0.439 e. The smallest absolute Gasteiger partial charge is 0.209 e.